The first-order chi connectivity index (χ1) is 10.7. The molecular weight excluding hydrogens is 320 g/mol. The number of aliphatic carboxylic acids is 1. The van der Waals surface area contributed by atoms with Crippen LogP contribution in [0, 0.1) is 5.92 Å². The maximum Gasteiger partial charge on any atom is 0.327 e. The fraction of sp³-hybridized carbons (Fsp3) is 0.533. The number of carbonyl (C=O) groups excluding carboxylic acids is 2. The van der Waals surface area contributed by atoms with Crippen LogP contribution >= 0.6 is 11.8 Å². The second kappa shape index (κ2) is 5.10. The number of aryl methyl sites for hydroxylation is 1. The van der Waals surface area contributed by atoms with E-state index in [0.29, 0.717) is 5.69 Å². The van der Waals surface area contributed by atoms with E-state index in [2.05, 4.69) is 0 Å². The molecule has 2 aliphatic heterocycles. The van der Waals surface area contributed by atoms with Gasteiger partial charge in [0.25, 0.3) is 0 Å². The summed E-state index contributed by atoms with van der Waals surface area (Å²) in [6.07, 6.45) is 0.219. The van der Waals surface area contributed by atoms with Crippen LogP contribution in [0.5, 0.6) is 0 Å². The normalized spacial score (nSPS) is 29.8. The van der Waals surface area contributed by atoms with Crippen LogP contribution in [0.1, 0.15) is 24.3 Å². The Bertz CT molecular complexity index is 698. The molecule has 0 saturated carbocycles. The molecule has 1 aromatic rings. The summed E-state index contributed by atoms with van der Waals surface area (Å²) >= 11 is 1.32. The van der Waals surface area contributed by atoms with Crippen LogP contribution in [0.3, 0.4) is 0 Å². The van der Waals surface area contributed by atoms with Gasteiger partial charge in [-0.3, -0.25) is 9.59 Å². The molecule has 2 saturated heterocycles. The van der Waals surface area contributed by atoms with Gasteiger partial charge in [0.05, 0.1) is 11.1 Å². The van der Waals surface area contributed by atoms with Crippen LogP contribution in [0.4, 0.5) is 0 Å². The number of aliphatic hydroxyl groups excluding tert-OH is 1. The van der Waals surface area contributed by atoms with Crippen molar-refractivity contribution < 1.29 is 24.6 Å². The van der Waals surface area contributed by atoms with Gasteiger partial charge < -0.3 is 19.7 Å². The number of fused-ring (bicyclic) bond motifs is 1. The highest BCUT2D eigenvalue weighted by Crippen LogP contribution is 2.54. The number of thioether (sulfide) groups is 1. The predicted octanol–water partition coefficient (Wildman–Crippen LogP) is 0.332. The zero-order valence-electron chi connectivity index (χ0n) is 13.0. The first kappa shape index (κ1) is 16.1. The molecule has 0 radical (unpaired) electrons. The lowest BCUT2D eigenvalue weighted by molar-refractivity contribution is -0.167. The molecule has 1 amide bonds. The van der Waals surface area contributed by atoms with E-state index in [1.165, 1.54) is 16.7 Å². The van der Waals surface area contributed by atoms with E-state index >= 15 is 0 Å². The molecule has 3 heterocycles. The third-order valence-electron chi connectivity index (χ3n) is 4.52. The fourth-order valence-corrected chi connectivity index (χ4v) is 5.08. The molecule has 2 fully saturated rings. The summed E-state index contributed by atoms with van der Waals surface area (Å²) in [5.74, 6) is -2.96. The topological polar surface area (TPSA) is 99.8 Å². The fourth-order valence-electron chi connectivity index (χ4n) is 3.36. The summed E-state index contributed by atoms with van der Waals surface area (Å²) in [5, 5.41) is 19.3. The third kappa shape index (κ3) is 2.20. The molecular formula is C15H18N2O5S. The van der Waals surface area contributed by atoms with Crippen molar-refractivity contribution in [2.45, 2.75) is 36.1 Å². The van der Waals surface area contributed by atoms with E-state index in [1.54, 1.807) is 43.8 Å². The second-order valence-electron chi connectivity index (χ2n) is 6.44. The summed E-state index contributed by atoms with van der Waals surface area (Å²) in [7, 11) is 1.68. The Labute approximate surface area is 137 Å². The van der Waals surface area contributed by atoms with E-state index in [-0.39, 0.29) is 0 Å². The SMILES string of the molecule is Cn1cccc1C(=O)[C@@H](O)[C@@H]1C(=O)N2[C@@H]1SC(C)(C)[C@@H]2C(=O)O. The smallest absolute Gasteiger partial charge is 0.327 e. The van der Waals surface area contributed by atoms with Crippen molar-refractivity contribution in [3.63, 3.8) is 0 Å². The van der Waals surface area contributed by atoms with Gasteiger partial charge >= 0.3 is 5.97 Å². The first-order valence-corrected chi connectivity index (χ1v) is 8.11. The number of amides is 1. The maximum absolute atomic E-state index is 12.4. The number of hydrogen-bond acceptors (Lipinski definition) is 5. The van der Waals surface area contributed by atoms with Crippen LogP contribution in [-0.4, -0.2) is 59.6 Å². The quantitative estimate of drug-likeness (QED) is 0.606. The van der Waals surface area contributed by atoms with Gasteiger partial charge in [0.15, 0.2) is 0 Å². The van der Waals surface area contributed by atoms with Crippen molar-refractivity contribution in [1.82, 2.24) is 9.47 Å². The highest BCUT2D eigenvalue weighted by atomic mass is 32.2. The van der Waals surface area contributed by atoms with Gasteiger partial charge in [-0.1, -0.05) is 0 Å². The molecule has 7 nitrogen and oxygen atoms in total. The Balaban J connectivity index is 1.84. The number of hydrogen-bond donors (Lipinski definition) is 2. The van der Waals surface area contributed by atoms with E-state index in [1.807, 2.05) is 0 Å². The molecule has 2 N–H and O–H groups in total. The number of carbonyl (C=O) groups is 3. The third-order valence-corrected chi connectivity index (χ3v) is 6.11. The van der Waals surface area contributed by atoms with Crippen molar-refractivity contribution in [3.8, 4) is 0 Å². The average Bonchev–Trinajstić information content (AvgIpc) is 2.97. The Morgan fingerprint density at radius 1 is 1.39 bits per heavy atom. The zero-order valence-corrected chi connectivity index (χ0v) is 13.8. The predicted molar refractivity (Wildman–Crippen MR) is 83.0 cm³/mol. The summed E-state index contributed by atoms with van der Waals surface area (Å²) in [5.41, 5.74) is 0.320. The number of aliphatic hydroxyl groups is 1. The maximum atomic E-state index is 12.4. The zero-order chi connectivity index (χ0) is 17.1. The molecule has 124 valence electrons. The number of β-lactam (4-membered cyclic amide) rings is 1. The van der Waals surface area contributed by atoms with Gasteiger partial charge in [-0.05, 0) is 26.0 Å². The van der Waals surface area contributed by atoms with Gasteiger partial charge in [-0.15, -0.1) is 11.8 Å². The largest absolute Gasteiger partial charge is 0.480 e. The lowest BCUT2D eigenvalue weighted by atomic mass is 9.85. The van der Waals surface area contributed by atoms with Crippen LogP contribution in [-0.2, 0) is 16.6 Å². The molecule has 8 heteroatoms. The molecule has 3 rings (SSSR count). The monoisotopic (exact) mass is 338 g/mol. The number of Topliss-reactive ketones (excluding diaryl/α,β-unsaturated/α-hetero) is 1. The molecule has 4 atom stereocenters. The molecule has 2 aliphatic rings. The van der Waals surface area contributed by atoms with Crippen molar-refractivity contribution >= 4 is 29.4 Å². The first-order valence-electron chi connectivity index (χ1n) is 7.23. The number of carboxylic acids is 1. The highest BCUT2D eigenvalue weighted by Gasteiger charge is 2.66. The summed E-state index contributed by atoms with van der Waals surface area (Å²) < 4.78 is 0.910. The van der Waals surface area contributed by atoms with Gasteiger partial charge in [-0.2, -0.15) is 0 Å². The minimum Gasteiger partial charge on any atom is -0.480 e. The van der Waals surface area contributed by atoms with Gasteiger partial charge in [-0.25, -0.2) is 4.79 Å². The molecule has 0 aliphatic carbocycles. The van der Waals surface area contributed by atoms with Gasteiger partial charge in [0, 0.05) is 18.0 Å². The Morgan fingerprint density at radius 2 is 2.04 bits per heavy atom. The summed E-state index contributed by atoms with van der Waals surface area (Å²) in [6.45, 7) is 3.51. The summed E-state index contributed by atoms with van der Waals surface area (Å²) in [6, 6.07) is 2.32. The molecule has 0 aromatic carbocycles. The van der Waals surface area contributed by atoms with Gasteiger partial charge in [0.1, 0.15) is 18.1 Å². The van der Waals surface area contributed by atoms with Crippen molar-refractivity contribution in [2.24, 2.45) is 13.0 Å². The Morgan fingerprint density at radius 3 is 2.57 bits per heavy atom. The minimum absolute atomic E-state index is 0.320. The highest BCUT2D eigenvalue weighted by molar-refractivity contribution is 8.01. The molecule has 0 unspecified atom stereocenters. The Kier molecular flexibility index (Phi) is 3.57. The van der Waals surface area contributed by atoms with E-state index in [4.69, 9.17) is 0 Å². The summed E-state index contributed by atoms with van der Waals surface area (Å²) in [4.78, 5) is 37.5. The molecule has 0 bridgehead atoms. The Hall–Kier alpha value is -1.80. The van der Waals surface area contributed by atoms with E-state index in [0.717, 1.165) is 0 Å². The number of carboxylic acid groups (broad SMARTS) is 1. The standard InChI is InChI=1S/C15H18N2O5S/c1-15(2)11(14(21)22)17-12(20)8(13(17)23-15)10(19)9(18)7-5-4-6-16(7)3/h4-6,8,10-11,13,19H,1-3H3,(H,21,22)/t8-,10+,11+,13-/m1/s1. The second-order valence-corrected chi connectivity index (χ2v) is 8.21. The van der Waals surface area contributed by atoms with Crippen LogP contribution in [0.2, 0.25) is 0 Å². The molecule has 1 aromatic heterocycles. The average molecular weight is 338 g/mol. The number of ketones is 1. The number of rotatable bonds is 4. The van der Waals surface area contributed by atoms with Crippen molar-refractivity contribution in [2.75, 3.05) is 0 Å². The van der Waals surface area contributed by atoms with Crippen LogP contribution in [0.15, 0.2) is 18.3 Å². The van der Waals surface area contributed by atoms with Crippen LogP contribution < -0.4 is 0 Å². The number of nitrogens with zero attached hydrogens (tertiary/aromatic N) is 2. The lowest BCUT2D eigenvalue weighted by Gasteiger charge is -2.45. The van der Waals surface area contributed by atoms with Crippen molar-refractivity contribution in [3.05, 3.63) is 24.0 Å². The lowest BCUT2D eigenvalue weighted by Crippen LogP contribution is -2.66. The molecule has 23 heavy (non-hydrogen) atoms. The van der Waals surface area contributed by atoms with Crippen LogP contribution in [0.25, 0.3) is 0 Å². The minimum atomic E-state index is -1.46. The van der Waals surface area contributed by atoms with E-state index in [9.17, 15) is 24.6 Å². The van der Waals surface area contributed by atoms with Gasteiger partial charge in [0.2, 0.25) is 11.7 Å². The molecule has 0 spiro atoms. The van der Waals surface area contributed by atoms with Crippen molar-refractivity contribution in [1.29, 1.82) is 0 Å². The van der Waals surface area contributed by atoms with E-state index < -0.39 is 45.8 Å². The number of aromatic nitrogens is 1.